The van der Waals surface area contributed by atoms with Gasteiger partial charge < -0.3 is 17.7 Å². The Kier molecular flexibility index (Phi) is 7.12. The second-order valence-electron chi connectivity index (χ2n) is 6.16. The summed E-state index contributed by atoms with van der Waals surface area (Å²) < 4.78 is 23.2. The molecule has 0 saturated heterocycles. The predicted molar refractivity (Wildman–Crippen MR) is 107 cm³/mol. The monoisotopic (exact) mass is 382 g/mol. The van der Waals surface area contributed by atoms with Crippen LogP contribution in [0.4, 0.5) is 0 Å². The number of hydrogen-bond donors (Lipinski definition) is 0. The van der Waals surface area contributed by atoms with Gasteiger partial charge in [0.15, 0.2) is 0 Å². The van der Waals surface area contributed by atoms with Crippen LogP contribution in [-0.4, -0.2) is 53.6 Å². The quantitative estimate of drug-likeness (QED) is 0.615. The zero-order chi connectivity index (χ0) is 18.6. The first-order valence-corrected chi connectivity index (χ1v) is 15.0. The minimum Gasteiger partial charge on any atom is -0.395 e. The Bertz CT molecular complexity index is 551. The van der Waals surface area contributed by atoms with Crippen molar-refractivity contribution in [1.29, 1.82) is 0 Å². The average molecular weight is 383 g/mol. The molecule has 0 aliphatic heterocycles. The highest BCUT2D eigenvalue weighted by Crippen LogP contribution is 2.34. The third-order valence-corrected chi connectivity index (χ3v) is 20.1. The maximum absolute atomic E-state index is 5.79. The van der Waals surface area contributed by atoms with Gasteiger partial charge in [0, 0.05) is 28.4 Å². The molecule has 0 amide bonds. The molecule has 7 heteroatoms. The van der Waals surface area contributed by atoms with E-state index in [1.54, 1.807) is 28.4 Å². The Labute approximate surface area is 149 Å². The number of rotatable bonds is 9. The van der Waals surface area contributed by atoms with E-state index in [1.165, 1.54) is 5.19 Å². The first kappa shape index (κ1) is 21.2. The lowest BCUT2D eigenvalue weighted by Gasteiger charge is -2.42. The zero-order valence-electron chi connectivity index (χ0n) is 15.9. The van der Waals surface area contributed by atoms with Gasteiger partial charge in [-0.05, 0) is 22.7 Å². The molecule has 1 rings (SSSR count). The summed E-state index contributed by atoms with van der Waals surface area (Å²) in [4.78, 5) is 2.04. The second kappa shape index (κ2) is 8.05. The Hall–Kier alpha value is -0.809. The van der Waals surface area contributed by atoms with Crippen LogP contribution >= 0.6 is 0 Å². The summed E-state index contributed by atoms with van der Waals surface area (Å²) in [7, 11) is -0.840. The molecule has 0 unspecified atom stereocenters. The van der Waals surface area contributed by atoms with E-state index in [0.29, 0.717) is 0 Å². The SMILES string of the molecule is C=C([Si](C)(OC)OC)[Si](C)(C(=C)[Si](C)(OC)OC)c1ccccc1. The summed E-state index contributed by atoms with van der Waals surface area (Å²) in [6.45, 7) is 15.2. The van der Waals surface area contributed by atoms with Crippen molar-refractivity contribution in [1.82, 2.24) is 0 Å². The van der Waals surface area contributed by atoms with Gasteiger partial charge in [0.1, 0.15) is 8.07 Å². The minimum atomic E-state index is -2.57. The summed E-state index contributed by atoms with van der Waals surface area (Å²) >= 11 is 0. The van der Waals surface area contributed by atoms with Gasteiger partial charge in [-0.15, -0.1) is 13.2 Å². The molecule has 0 radical (unpaired) electrons. The first-order valence-electron chi connectivity index (χ1n) is 7.82. The van der Waals surface area contributed by atoms with E-state index in [-0.39, 0.29) is 0 Å². The topological polar surface area (TPSA) is 36.9 Å². The van der Waals surface area contributed by atoms with Gasteiger partial charge in [-0.1, -0.05) is 42.1 Å². The van der Waals surface area contributed by atoms with E-state index >= 15 is 0 Å². The van der Waals surface area contributed by atoms with Gasteiger partial charge in [0.2, 0.25) is 0 Å². The van der Waals surface area contributed by atoms with Crippen molar-refractivity contribution in [2.45, 2.75) is 19.6 Å². The molecule has 0 aromatic heterocycles. The van der Waals surface area contributed by atoms with Gasteiger partial charge in [0.25, 0.3) is 0 Å². The summed E-state index contributed by atoms with van der Waals surface area (Å²) in [5.41, 5.74) is 0. The van der Waals surface area contributed by atoms with E-state index < -0.39 is 25.2 Å². The lowest BCUT2D eigenvalue weighted by Crippen LogP contribution is -2.63. The van der Waals surface area contributed by atoms with E-state index in [2.05, 4.69) is 31.8 Å². The van der Waals surface area contributed by atoms with Gasteiger partial charge in [-0.2, -0.15) is 0 Å². The van der Waals surface area contributed by atoms with Crippen LogP contribution in [-0.2, 0) is 17.7 Å². The fourth-order valence-electron chi connectivity index (χ4n) is 2.87. The summed E-state index contributed by atoms with van der Waals surface area (Å²) in [6, 6.07) is 10.3. The van der Waals surface area contributed by atoms with Crippen LogP contribution in [0, 0.1) is 0 Å². The molecular formula is C17H30O4Si3. The largest absolute Gasteiger partial charge is 0.395 e. The van der Waals surface area contributed by atoms with Gasteiger partial charge in [0.05, 0.1) is 0 Å². The molecule has 0 saturated carbocycles. The predicted octanol–water partition coefficient (Wildman–Crippen LogP) is 2.97. The van der Waals surface area contributed by atoms with Crippen LogP contribution in [0.25, 0.3) is 0 Å². The van der Waals surface area contributed by atoms with Crippen molar-refractivity contribution in [3.63, 3.8) is 0 Å². The molecule has 24 heavy (non-hydrogen) atoms. The standard InChI is InChI=1S/C17H30O4Si3/c1-15(23(8,18-3)19-4)22(7,17-13-11-10-12-14-17)16(2)24(9,20-5)21-6/h10-14H,1-2H2,3-9H3. The Balaban J connectivity index is 3.61. The molecule has 0 fully saturated rings. The smallest absolute Gasteiger partial charge is 0.360 e. The molecule has 1 aromatic rings. The third-order valence-electron chi connectivity index (χ3n) is 5.21. The Morgan fingerprint density at radius 2 is 1.04 bits per heavy atom. The molecular weight excluding hydrogens is 352 g/mol. The molecule has 1 aromatic carbocycles. The van der Waals surface area contributed by atoms with Crippen LogP contribution < -0.4 is 5.19 Å². The molecule has 4 nitrogen and oxygen atoms in total. The van der Waals surface area contributed by atoms with Gasteiger partial charge >= 0.3 is 17.1 Å². The number of hydrogen-bond acceptors (Lipinski definition) is 4. The van der Waals surface area contributed by atoms with Gasteiger partial charge in [-0.3, -0.25) is 0 Å². The van der Waals surface area contributed by atoms with Crippen molar-refractivity contribution < 1.29 is 17.7 Å². The van der Waals surface area contributed by atoms with Crippen LogP contribution in [0.3, 0.4) is 0 Å². The van der Waals surface area contributed by atoms with Crippen LogP contribution in [0.5, 0.6) is 0 Å². The van der Waals surface area contributed by atoms with Crippen molar-refractivity contribution >= 4 is 30.4 Å². The number of benzene rings is 1. The highest BCUT2D eigenvalue weighted by atomic mass is 28.4. The zero-order valence-corrected chi connectivity index (χ0v) is 18.9. The molecule has 0 heterocycles. The maximum Gasteiger partial charge on any atom is 0.360 e. The fourth-order valence-corrected chi connectivity index (χ4v) is 16.7. The maximum atomic E-state index is 5.79. The minimum absolute atomic E-state index is 1.02. The molecule has 0 aliphatic carbocycles. The fraction of sp³-hybridized carbons (Fsp3) is 0.412. The van der Waals surface area contributed by atoms with E-state index in [0.717, 1.165) is 9.64 Å². The molecule has 0 bridgehead atoms. The van der Waals surface area contributed by atoms with Gasteiger partial charge in [-0.25, -0.2) is 0 Å². The lowest BCUT2D eigenvalue weighted by molar-refractivity contribution is 0.261. The van der Waals surface area contributed by atoms with E-state index in [9.17, 15) is 0 Å². The summed E-state index contributed by atoms with van der Waals surface area (Å²) in [5.74, 6) is 0. The van der Waals surface area contributed by atoms with E-state index in [4.69, 9.17) is 17.7 Å². The Morgan fingerprint density at radius 1 is 0.708 bits per heavy atom. The van der Waals surface area contributed by atoms with Crippen LogP contribution in [0.2, 0.25) is 19.6 Å². The van der Waals surface area contributed by atoms with Crippen molar-refractivity contribution in [3.05, 3.63) is 53.1 Å². The van der Waals surface area contributed by atoms with Crippen LogP contribution in [0.15, 0.2) is 53.1 Å². The molecule has 0 N–H and O–H groups in total. The first-order chi connectivity index (χ1) is 11.2. The second-order valence-corrected chi connectivity index (χ2v) is 17.8. The Morgan fingerprint density at radius 3 is 1.33 bits per heavy atom. The van der Waals surface area contributed by atoms with Crippen molar-refractivity contribution in [3.8, 4) is 0 Å². The average Bonchev–Trinajstić information content (AvgIpc) is 2.65. The normalized spacial score (nSPS) is 13.0. The molecule has 134 valence electrons. The molecule has 0 spiro atoms. The van der Waals surface area contributed by atoms with Crippen molar-refractivity contribution in [2.24, 2.45) is 0 Å². The highest BCUT2D eigenvalue weighted by Gasteiger charge is 2.53. The summed E-state index contributed by atoms with van der Waals surface area (Å²) in [6.07, 6.45) is 0. The van der Waals surface area contributed by atoms with E-state index in [1.807, 2.05) is 31.3 Å². The molecule has 0 atom stereocenters. The summed E-state index contributed by atoms with van der Waals surface area (Å²) in [5, 5.41) is 1.21. The third kappa shape index (κ3) is 3.57. The lowest BCUT2D eigenvalue weighted by atomic mass is 10.4. The highest BCUT2D eigenvalue weighted by molar-refractivity contribution is 7.19. The molecule has 0 aliphatic rings. The van der Waals surface area contributed by atoms with Crippen molar-refractivity contribution in [2.75, 3.05) is 28.4 Å². The van der Waals surface area contributed by atoms with Crippen LogP contribution in [0.1, 0.15) is 0 Å².